The maximum absolute atomic E-state index is 12.4. The number of nitro benzene ring substituents is 1. The molecule has 2 atom stereocenters. The number of fused-ring (bicyclic) bond motifs is 1. The van der Waals surface area contributed by atoms with Crippen molar-refractivity contribution in [2.24, 2.45) is 0 Å². The molecule has 136 valence electrons. The number of aryl methyl sites for hydroxylation is 1. The highest BCUT2D eigenvalue weighted by Gasteiger charge is 2.31. The molecule has 0 unspecified atom stereocenters. The lowest BCUT2D eigenvalue weighted by Crippen LogP contribution is -2.32. The summed E-state index contributed by atoms with van der Waals surface area (Å²) in [5.41, 5.74) is 2.07. The van der Waals surface area contributed by atoms with E-state index in [0.717, 1.165) is 24.1 Å². The lowest BCUT2D eigenvalue weighted by Gasteiger charge is -2.22. The number of aromatic amines is 1. The van der Waals surface area contributed by atoms with Crippen LogP contribution in [0.2, 0.25) is 0 Å². The summed E-state index contributed by atoms with van der Waals surface area (Å²) in [5, 5.41) is 20.0. The molecule has 1 amide bonds. The van der Waals surface area contributed by atoms with Gasteiger partial charge in [-0.25, -0.2) is 0 Å². The number of H-pyrrole nitrogens is 1. The first kappa shape index (κ1) is 17.6. The van der Waals surface area contributed by atoms with E-state index >= 15 is 0 Å². The molecule has 3 rings (SSSR count). The number of carbonyl (C=O) groups is 2. The first-order valence-electron chi connectivity index (χ1n) is 8.23. The maximum atomic E-state index is 12.4. The molecule has 0 saturated carbocycles. The molecule has 9 nitrogen and oxygen atoms in total. The van der Waals surface area contributed by atoms with Crippen molar-refractivity contribution in [1.29, 1.82) is 0 Å². The first-order valence-corrected chi connectivity index (χ1v) is 8.23. The third-order valence-electron chi connectivity index (χ3n) is 4.33. The fourth-order valence-corrected chi connectivity index (χ4v) is 2.92. The van der Waals surface area contributed by atoms with Crippen molar-refractivity contribution in [2.45, 2.75) is 38.2 Å². The summed E-state index contributed by atoms with van der Waals surface area (Å²) in [6.45, 7) is 1.48. The van der Waals surface area contributed by atoms with Crippen molar-refractivity contribution in [1.82, 2.24) is 10.2 Å². The van der Waals surface area contributed by atoms with Gasteiger partial charge >= 0.3 is 5.97 Å². The Balaban J connectivity index is 1.59. The summed E-state index contributed by atoms with van der Waals surface area (Å²) in [6, 6.07) is 5.41. The van der Waals surface area contributed by atoms with Crippen LogP contribution in [0.4, 0.5) is 11.4 Å². The zero-order valence-electron chi connectivity index (χ0n) is 14.1. The highest BCUT2D eigenvalue weighted by atomic mass is 16.6. The molecule has 1 aliphatic rings. The largest absolute Gasteiger partial charge is 0.452 e. The molecule has 0 saturated heterocycles. The lowest BCUT2D eigenvalue weighted by molar-refractivity contribution is -0.384. The van der Waals surface area contributed by atoms with Gasteiger partial charge in [-0.3, -0.25) is 24.8 Å². The molecule has 0 aliphatic heterocycles. The van der Waals surface area contributed by atoms with E-state index in [9.17, 15) is 19.7 Å². The van der Waals surface area contributed by atoms with E-state index in [1.54, 1.807) is 6.20 Å². The van der Waals surface area contributed by atoms with Crippen LogP contribution in [0.25, 0.3) is 0 Å². The topological polar surface area (TPSA) is 127 Å². The molecule has 2 aromatic rings. The van der Waals surface area contributed by atoms with Crippen LogP contribution in [0.3, 0.4) is 0 Å². The second-order valence-corrected chi connectivity index (χ2v) is 6.13. The molecule has 0 spiro atoms. The third kappa shape index (κ3) is 3.71. The Morgan fingerprint density at radius 2 is 2.12 bits per heavy atom. The van der Waals surface area contributed by atoms with Crippen LogP contribution in [0.1, 0.15) is 36.9 Å². The Hall–Kier alpha value is -3.23. The molecule has 1 heterocycles. The molecule has 1 aromatic heterocycles. The van der Waals surface area contributed by atoms with Gasteiger partial charge in [0.05, 0.1) is 22.7 Å². The fraction of sp³-hybridized carbons (Fsp3) is 0.353. The Labute approximate surface area is 148 Å². The van der Waals surface area contributed by atoms with Gasteiger partial charge in [-0.15, -0.1) is 0 Å². The van der Waals surface area contributed by atoms with Gasteiger partial charge in [0, 0.05) is 17.8 Å². The first-order chi connectivity index (χ1) is 12.5. The van der Waals surface area contributed by atoms with Crippen molar-refractivity contribution < 1.29 is 19.2 Å². The Morgan fingerprint density at radius 3 is 2.81 bits per heavy atom. The maximum Gasteiger partial charge on any atom is 0.315 e. The number of hydrogen-bond donors (Lipinski definition) is 2. The number of anilines is 1. The van der Waals surface area contributed by atoms with Crippen LogP contribution < -0.4 is 5.32 Å². The van der Waals surface area contributed by atoms with E-state index in [4.69, 9.17) is 4.74 Å². The minimum atomic E-state index is -0.994. The van der Waals surface area contributed by atoms with Gasteiger partial charge in [0.15, 0.2) is 6.10 Å². The number of nitro groups is 1. The van der Waals surface area contributed by atoms with Gasteiger partial charge in [0.1, 0.15) is 0 Å². The molecule has 2 N–H and O–H groups in total. The van der Waals surface area contributed by atoms with E-state index < -0.39 is 28.8 Å². The molecule has 9 heteroatoms. The summed E-state index contributed by atoms with van der Waals surface area (Å²) < 4.78 is 5.31. The number of benzene rings is 1. The lowest BCUT2D eigenvalue weighted by atomic mass is 9.88. The van der Waals surface area contributed by atoms with Crippen LogP contribution in [0.15, 0.2) is 30.5 Å². The Kier molecular flexibility index (Phi) is 4.97. The second kappa shape index (κ2) is 7.34. The van der Waals surface area contributed by atoms with Gasteiger partial charge < -0.3 is 10.1 Å². The van der Waals surface area contributed by atoms with E-state index in [-0.39, 0.29) is 5.69 Å². The predicted octanol–water partition coefficient (Wildman–Crippen LogP) is 2.31. The quantitative estimate of drug-likeness (QED) is 0.480. The van der Waals surface area contributed by atoms with Crippen LogP contribution in [0, 0.1) is 10.1 Å². The van der Waals surface area contributed by atoms with E-state index in [1.165, 1.54) is 31.2 Å². The van der Waals surface area contributed by atoms with Crippen molar-refractivity contribution >= 4 is 23.3 Å². The van der Waals surface area contributed by atoms with E-state index in [1.807, 2.05) is 0 Å². The highest BCUT2D eigenvalue weighted by molar-refractivity contribution is 5.95. The number of non-ortho nitro benzene ring substituents is 1. The summed E-state index contributed by atoms with van der Waals surface area (Å²) >= 11 is 0. The van der Waals surface area contributed by atoms with Gasteiger partial charge in [-0.05, 0) is 43.9 Å². The number of nitrogens with one attached hydrogen (secondary N) is 2. The van der Waals surface area contributed by atoms with Crippen LogP contribution in [-0.2, 0) is 20.7 Å². The van der Waals surface area contributed by atoms with Gasteiger partial charge in [0.2, 0.25) is 0 Å². The van der Waals surface area contributed by atoms with Gasteiger partial charge in [-0.1, -0.05) is 0 Å². The third-order valence-corrected chi connectivity index (χ3v) is 4.33. The molecular weight excluding hydrogens is 340 g/mol. The number of ether oxygens (including phenoxy) is 1. The number of esters is 1. The van der Waals surface area contributed by atoms with E-state index in [2.05, 4.69) is 15.5 Å². The van der Waals surface area contributed by atoms with Crippen LogP contribution in [-0.4, -0.2) is 33.1 Å². The number of hydrogen-bond acceptors (Lipinski definition) is 6. The molecule has 26 heavy (non-hydrogen) atoms. The zero-order chi connectivity index (χ0) is 18.7. The summed E-state index contributed by atoms with van der Waals surface area (Å²) in [5.74, 6) is -1.43. The van der Waals surface area contributed by atoms with Crippen molar-refractivity contribution in [3.63, 3.8) is 0 Å². The van der Waals surface area contributed by atoms with Crippen LogP contribution in [0.5, 0.6) is 0 Å². The second-order valence-electron chi connectivity index (χ2n) is 6.13. The number of aromatic nitrogens is 2. The van der Waals surface area contributed by atoms with E-state index in [0.29, 0.717) is 12.1 Å². The zero-order valence-corrected chi connectivity index (χ0v) is 14.1. The minimum Gasteiger partial charge on any atom is -0.452 e. The number of amides is 1. The van der Waals surface area contributed by atoms with Crippen molar-refractivity contribution in [2.75, 3.05) is 5.32 Å². The van der Waals surface area contributed by atoms with Crippen molar-refractivity contribution in [3.8, 4) is 0 Å². The molecule has 0 radical (unpaired) electrons. The van der Waals surface area contributed by atoms with Gasteiger partial charge in [-0.2, -0.15) is 5.10 Å². The summed E-state index contributed by atoms with van der Waals surface area (Å²) in [7, 11) is 0. The number of rotatable bonds is 5. The highest BCUT2D eigenvalue weighted by Crippen LogP contribution is 2.31. The normalized spacial score (nSPS) is 17.0. The molecule has 0 bridgehead atoms. The molecule has 1 aliphatic carbocycles. The molecule has 1 aromatic carbocycles. The Morgan fingerprint density at radius 1 is 1.38 bits per heavy atom. The summed E-state index contributed by atoms with van der Waals surface area (Å²) in [6.07, 6.45) is 3.08. The predicted molar refractivity (Wildman–Crippen MR) is 91.5 cm³/mol. The average Bonchev–Trinajstić information content (AvgIpc) is 3.10. The summed E-state index contributed by atoms with van der Waals surface area (Å²) in [4.78, 5) is 34.7. The molecule has 0 fully saturated rings. The number of nitrogens with zero attached hydrogens (tertiary/aromatic N) is 2. The standard InChI is InChI=1S/C17H18N4O5/c1-10(16(22)19-12-5-7-13(8-6-12)21(24)25)26-17(23)14-4-2-3-11-9-18-20-15(11)14/h5-10,14H,2-4H2,1H3,(H,18,20)(H,19,22)/t10-,14-/m0/s1. The monoisotopic (exact) mass is 358 g/mol. The van der Waals surface area contributed by atoms with Gasteiger partial charge in [0.25, 0.3) is 11.6 Å². The minimum absolute atomic E-state index is 0.0739. The molecular formula is C17H18N4O5. The fourth-order valence-electron chi connectivity index (χ4n) is 2.92. The average molecular weight is 358 g/mol. The Bertz CT molecular complexity index is 830. The number of carbonyl (C=O) groups excluding carboxylic acids is 2. The SMILES string of the molecule is C[C@H](OC(=O)[C@H]1CCCc2cn[nH]c21)C(=O)Nc1ccc([N+](=O)[O-])cc1. The van der Waals surface area contributed by atoms with Crippen LogP contribution >= 0.6 is 0 Å². The van der Waals surface area contributed by atoms with Crippen molar-refractivity contribution in [3.05, 3.63) is 51.8 Å². The smallest absolute Gasteiger partial charge is 0.315 e.